The maximum absolute atomic E-state index is 5.39. The van der Waals surface area contributed by atoms with Crippen LogP contribution in [0.5, 0.6) is 5.75 Å². The molecular weight excluding hydrogens is 348 g/mol. The molecule has 2 aromatic carbocycles. The lowest BCUT2D eigenvalue weighted by Crippen LogP contribution is -2.31. The van der Waals surface area contributed by atoms with Gasteiger partial charge in [0, 0.05) is 37.8 Å². The SMILES string of the molecule is CCc1ccc(CN2CCc3nc(Nc4ccccc4OC)ncc3C2)cc1. The summed E-state index contributed by atoms with van der Waals surface area (Å²) in [5, 5.41) is 3.27. The number of methoxy groups -OCH3 is 1. The summed E-state index contributed by atoms with van der Waals surface area (Å²) in [4.78, 5) is 11.7. The standard InChI is InChI=1S/C23H26N4O/c1-3-17-8-10-18(11-9-17)15-27-13-12-20-19(16-27)14-24-23(25-20)26-21-6-4-5-7-22(21)28-2/h4-11,14H,3,12-13,15-16H2,1-2H3,(H,24,25,26). The fraction of sp³-hybridized carbons (Fsp3) is 0.304. The Morgan fingerprint density at radius 3 is 2.64 bits per heavy atom. The molecule has 0 fully saturated rings. The van der Waals surface area contributed by atoms with Crippen molar-refractivity contribution in [3.63, 3.8) is 0 Å². The van der Waals surface area contributed by atoms with Crippen LogP contribution in [-0.4, -0.2) is 28.5 Å². The molecule has 28 heavy (non-hydrogen) atoms. The maximum atomic E-state index is 5.39. The summed E-state index contributed by atoms with van der Waals surface area (Å²) in [5.74, 6) is 1.40. The summed E-state index contributed by atoms with van der Waals surface area (Å²) >= 11 is 0. The number of aryl methyl sites for hydroxylation is 1. The van der Waals surface area contributed by atoms with E-state index in [0.717, 1.165) is 49.6 Å². The van der Waals surface area contributed by atoms with Crippen LogP contribution in [0.25, 0.3) is 0 Å². The third-order valence-electron chi connectivity index (χ3n) is 5.20. The highest BCUT2D eigenvalue weighted by molar-refractivity contribution is 5.62. The Morgan fingerprint density at radius 1 is 1.07 bits per heavy atom. The van der Waals surface area contributed by atoms with Crippen LogP contribution >= 0.6 is 0 Å². The molecule has 144 valence electrons. The molecular formula is C23H26N4O. The first-order valence-corrected chi connectivity index (χ1v) is 9.80. The van der Waals surface area contributed by atoms with Crippen molar-refractivity contribution in [3.05, 3.63) is 77.1 Å². The highest BCUT2D eigenvalue weighted by Crippen LogP contribution is 2.26. The number of aromatic nitrogens is 2. The van der Waals surface area contributed by atoms with Crippen molar-refractivity contribution in [2.45, 2.75) is 32.9 Å². The van der Waals surface area contributed by atoms with Gasteiger partial charge in [0.25, 0.3) is 0 Å². The smallest absolute Gasteiger partial charge is 0.227 e. The predicted octanol–water partition coefficient (Wildman–Crippen LogP) is 4.35. The van der Waals surface area contributed by atoms with Gasteiger partial charge >= 0.3 is 0 Å². The fourth-order valence-electron chi connectivity index (χ4n) is 3.58. The van der Waals surface area contributed by atoms with Crippen molar-refractivity contribution < 1.29 is 4.74 Å². The van der Waals surface area contributed by atoms with Crippen molar-refractivity contribution in [3.8, 4) is 5.75 Å². The molecule has 1 aliphatic rings. The number of hydrogen-bond acceptors (Lipinski definition) is 5. The highest BCUT2D eigenvalue weighted by Gasteiger charge is 2.19. The van der Waals surface area contributed by atoms with E-state index in [1.165, 1.54) is 16.7 Å². The molecule has 2 heterocycles. The van der Waals surface area contributed by atoms with Crippen LogP contribution in [0.15, 0.2) is 54.7 Å². The van der Waals surface area contributed by atoms with Crippen molar-refractivity contribution in [2.75, 3.05) is 19.0 Å². The Labute approximate surface area is 166 Å². The van der Waals surface area contributed by atoms with Gasteiger partial charge in [-0.1, -0.05) is 43.3 Å². The second kappa shape index (κ2) is 8.40. The Balaban J connectivity index is 1.43. The molecule has 3 aromatic rings. The first-order chi connectivity index (χ1) is 13.7. The van der Waals surface area contributed by atoms with Crippen LogP contribution in [0.1, 0.15) is 29.3 Å². The van der Waals surface area contributed by atoms with Gasteiger partial charge in [-0.2, -0.15) is 0 Å². The van der Waals surface area contributed by atoms with Crippen LogP contribution in [0.2, 0.25) is 0 Å². The monoisotopic (exact) mass is 374 g/mol. The van der Waals surface area contributed by atoms with E-state index in [4.69, 9.17) is 9.72 Å². The zero-order chi connectivity index (χ0) is 19.3. The van der Waals surface area contributed by atoms with E-state index in [1.807, 2.05) is 30.5 Å². The Morgan fingerprint density at radius 2 is 1.86 bits per heavy atom. The average molecular weight is 374 g/mol. The topological polar surface area (TPSA) is 50.3 Å². The average Bonchev–Trinajstić information content (AvgIpc) is 2.75. The van der Waals surface area contributed by atoms with Gasteiger partial charge in [0.05, 0.1) is 18.5 Å². The molecule has 0 saturated carbocycles. The summed E-state index contributed by atoms with van der Waals surface area (Å²) in [7, 11) is 1.67. The van der Waals surface area contributed by atoms with Crippen LogP contribution in [0.3, 0.4) is 0 Å². The lowest BCUT2D eigenvalue weighted by Gasteiger charge is -2.28. The predicted molar refractivity (Wildman–Crippen MR) is 112 cm³/mol. The first kappa shape index (κ1) is 18.4. The largest absolute Gasteiger partial charge is 0.495 e. The van der Waals surface area contributed by atoms with Gasteiger partial charge in [-0.25, -0.2) is 9.97 Å². The van der Waals surface area contributed by atoms with Crippen LogP contribution in [-0.2, 0) is 25.9 Å². The lowest BCUT2D eigenvalue weighted by molar-refractivity contribution is 0.243. The molecule has 4 rings (SSSR count). The highest BCUT2D eigenvalue weighted by atomic mass is 16.5. The second-order valence-electron chi connectivity index (χ2n) is 7.12. The third kappa shape index (κ3) is 4.15. The molecule has 0 aliphatic carbocycles. The summed E-state index contributed by atoms with van der Waals surface area (Å²) in [6, 6.07) is 16.7. The maximum Gasteiger partial charge on any atom is 0.227 e. The molecule has 0 unspecified atom stereocenters. The van der Waals surface area contributed by atoms with Crippen LogP contribution < -0.4 is 10.1 Å². The molecule has 0 amide bonds. The van der Waals surface area contributed by atoms with E-state index in [0.29, 0.717) is 5.95 Å². The van der Waals surface area contributed by atoms with Crippen LogP contribution in [0, 0.1) is 0 Å². The number of anilines is 2. The van der Waals surface area contributed by atoms with Gasteiger partial charge in [-0.05, 0) is 29.7 Å². The normalized spacial score (nSPS) is 13.8. The first-order valence-electron chi connectivity index (χ1n) is 9.80. The third-order valence-corrected chi connectivity index (χ3v) is 5.20. The Hall–Kier alpha value is -2.92. The fourth-order valence-corrected chi connectivity index (χ4v) is 3.58. The lowest BCUT2D eigenvalue weighted by atomic mass is 10.1. The number of nitrogens with one attached hydrogen (secondary N) is 1. The van der Waals surface area contributed by atoms with Crippen LogP contribution in [0.4, 0.5) is 11.6 Å². The number of fused-ring (bicyclic) bond motifs is 1. The summed E-state index contributed by atoms with van der Waals surface area (Å²) in [5.41, 5.74) is 5.96. The second-order valence-corrected chi connectivity index (χ2v) is 7.12. The summed E-state index contributed by atoms with van der Waals surface area (Å²) in [6.07, 6.45) is 3.97. The van der Waals surface area contributed by atoms with E-state index >= 15 is 0 Å². The number of rotatable bonds is 6. The molecule has 0 spiro atoms. The van der Waals surface area contributed by atoms with Crippen molar-refractivity contribution in [2.24, 2.45) is 0 Å². The molecule has 5 heteroatoms. The van der Waals surface area contributed by atoms with Gasteiger partial charge in [0.1, 0.15) is 5.75 Å². The van der Waals surface area contributed by atoms with Crippen molar-refractivity contribution in [1.29, 1.82) is 0 Å². The molecule has 5 nitrogen and oxygen atoms in total. The van der Waals surface area contributed by atoms with E-state index in [2.05, 4.69) is 46.4 Å². The van der Waals surface area contributed by atoms with Gasteiger partial charge in [0.15, 0.2) is 0 Å². The van der Waals surface area contributed by atoms with E-state index in [1.54, 1.807) is 7.11 Å². The molecule has 0 radical (unpaired) electrons. The number of ether oxygens (including phenoxy) is 1. The van der Waals surface area contributed by atoms with Gasteiger partial charge in [-0.15, -0.1) is 0 Å². The minimum absolute atomic E-state index is 0.617. The van der Waals surface area contributed by atoms with Crippen molar-refractivity contribution in [1.82, 2.24) is 14.9 Å². The molecule has 1 aromatic heterocycles. The quantitative estimate of drug-likeness (QED) is 0.695. The van der Waals surface area contributed by atoms with E-state index in [-0.39, 0.29) is 0 Å². The van der Waals surface area contributed by atoms with Crippen molar-refractivity contribution >= 4 is 11.6 Å². The molecule has 0 saturated heterocycles. The van der Waals surface area contributed by atoms with E-state index in [9.17, 15) is 0 Å². The molecule has 0 bridgehead atoms. The Kier molecular flexibility index (Phi) is 5.53. The zero-order valence-corrected chi connectivity index (χ0v) is 16.5. The number of nitrogens with zero attached hydrogens (tertiary/aromatic N) is 3. The van der Waals surface area contributed by atoms with E-state index < -0.39 is 0 Å². The zero-order valence-electron chi connectivity index (χ0n) is 16.5. The number of benzene rings is 2. The molecule has 1 N–H and O–H groups in total. The minimum atomic E-state index is 0.617. The minimum Gasteiger partial charge on any atom is -0.495 e. The Bertz CT molecular complexity index is 940. The van der Waals surface area contributed by atoms with Gasteiger partial charge < -0.3 is 10.1 Å². The summed E-state index contributed by atoms with van der Waals surface area (Å²) < 4.78 is 5.39. The number of para-hydroxylation sites is 2. The molecule has 0 atom stereocenters. The summed E-state index contributed by atoms with van der Waals surface area (Å²) in [6.45, 7) is 5.05. The number of hydrogen-bond donors (Lipinski definition) is 1. The molecule has 1 aliphatic heterocycles. The van der Waals surface area contributed by atoms with Gasteiger partial charge in [0.2, 0.25) is 5.95 Å². The van der Waals surface area contributed by atoms with Gasteiger partial charge in [-0.3, -0.25) is 4.90 Å².